The van der Waals surface area contributed by atoms with E-state index in [0.29, 0.717) is 23.3 Å². The summed E-state index contributed by atoms with van der Waals surface area (Å²) in [5.41, 5.74) is 13.6. The van der Waals surface area contributed by atoms with Crippen LogP contribution in [0.2, 0.25) is 0 Å². The van der Waals surface area contributed by atoms with E-state index in [1.54, 1.807) is 43.8 Å². The number of halogens is 1. The zero-order valence-corrected chi connectivity index (χ0v) is 19.1. The predicted molar refractivity (Wildman–Crippen MR) is 125 cm³/mol. The fourth-order valence-electron chi connectivity index (χ4n) is 3.39. The Kier molecular flexibility index (Phi) is 6.09. The molecule has 4 aromatic heterocycles. The molecule has 0 aliphatic carbocycles. The Bertz CT molecular complexity index is 1300. The van der Waals surface area contributed by atoms with Crippen molar-refractivity contribution in [1.82, 2.24) is 24.7 Å². The van der Waals surface area contributed by atoms with Gasteiger partial charge in [-0.05, 0) is 45.0 Å². The van der Waals surface area contributed by atoms with Crippen molar-refractivity contribution in [2.75, 3.05) is 22.9 Å². The highest BCUT2D eigenvalue weighted by molar-refractivity contribution is 7.10. The lowest BCUT2D eigenvalue weighted by Gasteiger charge is -2.23. The molecule has 0 radical (unpaired) electrons. The summed E-state index contributed by atoms with van der Waals surface area (Å²) in [7, 11) is 0. The van der Waals surface area contributed by atoms with Gasteiger partial charge in [0.25, 0.3) is 0 Å². The van der Waals surface area contributed by atoms with Gasteiger partial charge in [0.2, 0.25) is 0 Å². The second-order valence-electron chi connectivity index (χ2n) is 7.43. The molecule has 12 heteroatoms. The Balaban J connectivity index is 1.77. The van der Waals surface area contributed by atoms with E-state index in [2.05, 4.69) is 20.1 Å². The summed E-state index contributed by atoms with van der Waals surface area (Å²) in [6.45, 7) is 5.86. The summed E-state index contributed by atoms with van der Waals surface area (Å²) in [6.07, 6.45) is 0.740. The van der Waals surface area contributed by atoms with Gasteiger partial charge in [-0.1, -0.05) is 0 Å². The van der Waals surface area contributed by atoms with E-state index in [0.717, 1.165) is 16.2 Å². The molecule has 4 rings (SSSR count). The first-order chi connectivity index (χ1) is 15.8. The van der Waals surface area contributed by atoms with Crippen molar-refractivity contribution in [3.63, 3.8) is 0 Å². The number of aromatic nitrogens is 5. The van der Waals surface area contributed by atoms with Crippen LogP contribution in [0.25, 0.3) is 22.6 Å². The number of ether oxygens (including phenoxy) is 1. The SMILES string of the molecule is CCN(C(=O)OC(C)C)c1c(N)nc(-c2nn(Cc3ccc(F)s3)c3ncccc23)nc1N. The Hall–Kier alpha value is -3.80. The lowest BCUT2D eigenvalue weighted by atomic mass is 10.2. The maximum absolute atomic E-state index is 13.5. The van der Waals surface area contributed by atoms with Crippen LogP contribution in [0.1, 0.15) is 25.6 Å². The minimum Gasteiger partial charge on any atom is -0.446 e. The molecule has 0 bridgehead atoms. The second-order valence-corrected chi connectivity index (χ2v) is 8.55. The van der Waals surface area contributed by atoms with Crippen LogP contribution >= 0.6 is 11.3 Å². The van der Waals surface area contributed by atoms with Crippen molar-refractivity contribution < 1.29 is 13.9 Å². The minimum atomic E-state index is -0.593. The first-order valence-corrected chi connectivity index (χ1v) is 11.1. The standard InChI is InChI=1S/C21H23FN8O2S/c1-4-29(21(31)32-11(2)3)16-17(23)26-19(27-18(16)24)15-13-6-5-9-25-20(13)30(28-15)10-12-7-8-14(22)33-12/h5-9,11H,4,10H2,1-3H3,(H4,23,24,26,27). The first-order valence-electron chi connectivity index (χ1n) is 10.3. The molecule has 4 aromatic rings. The maximum Gasteiger partial charge on any atom is 0.414 e. The van der Waals surface area contributed by atoms with Crippen LogP contribution < -0.4 is 16.4 Å². The van der Waals surface area contributed by atoms with Gasteiger partial charge < -0.3 is 16.2 Å². The summed E-state index contributed by atoms with van der Waals surface area (Å²) < 4.78 is 20.4. The quantitative estimate of drug-likeness (QED) is 0.435. The van der Waals surface area contributed by atoms with Gasteiger partial charge in [-0.2, -0.15) is 9.49 Å². The monoisotopic (exact) mass is 470 g/mol. The zero-order valence-electron chi connectivity index (χ0n) is 18.3. The number of pyridine rings is 1. The molecule has 10 nitrogen and oxygen atoms in total. The van der Waals surface area contributed by atoms with Gasteiger partial charge in [-0.15, -0.1) is 11.3 Å². The van der Waals surface area contributed by atoms with E-state index >= 15 is 0 Å². The number of rotatable bonds is 6. The van der Waals surface area contributed by atoms with Gasteiger partial charge in [0.15, 0.2) is 28.2 Å². The predicted octanol–water partition coefficient (Wildman–Crippen LogP) is 3.67. The number of thiophene rings is 1. The number of nitrogens with zero attached hydrogens (tertiary/aromatic N) is 6. The second kappa shape index (κ2) is 8.98. The van der Waals surface area contributed by atoms with E-state index < -0.39 is 6.09 Å². The summed E-state index contributed by atoms with van der Waals surface area (Å²) in [5.74, 6) is 0.232. The number of hydrogen-bond donors (Lipinski definition) is 2. The van der Waals surface area contributed by atoms with E-state index in [-0.39, 0.29) is 40.9 Å². The van der Waals surface area contributed by atoms with Crippen LogP contribution in [-0.2, 0) is 11.3 Å². The molecule has 0 aromatic carbocycles. The van der Waals surface area contributed by atoms with Crippen LogP contribution in [0.3, 0.4) is 0 Å². The van der Waals surface area contributed by atoms with E-state index in [9.17, 15) is 9.18 Å². The number of nitrogen functional groups attached to an aromatic ring is 2. The molecule has 1 amide bonds. The van der Waals surface area contributed by atoms with E-state index in [4.69, 9.17) is 16.2 Å². The summed E-state index contributed by atoms with van der Waals surface area (Å²) in [6, 6.07) is 6.71. The lowest BCUT2D eigenvalue weighted by Crippen LogP contribution is -2.34. The fraction of sp³-hybridized carbons (Fsp3) is 0.286. The highest BCUT2D eigenvalue weighted by Crippen LogP contribution is 2.33. The molecule has 0 spiro atoms. The van der Waals surface area contributed by atoms with Crippen molar-refractivity contribution >= 4 is 45.8 Å². The largest absolute Gasteiger partial charge is 0.446 e. The van der Waals surface area contributed by atoms with E-state index in [1.807, 2.05) is 6.07 Å². The van der Waals surface area contributed by atoms with Gasteiger partial charge in [-0.3, -0.25) is 4.90 Å². The zero-order chi connectivity index (χ0) is 23.7. The summed E-state index contributed by atoms with van der Waals surface area (Å²) >= 11 is 1.04. The molecule has 33 heavy (non-hydrogen) atoms. The molecule has 0 saturated carbocycles. The van der Waals surface area contributed by atoms with Gasteiger partial charge in [-0.25, -0.2) is 24.4 Å². The van der Waals surface area contributed by atoms with Crippen molar-refractivity contribution in [3.05, 3.63) is 40.5 Å². The maximum atomic E-state index is 13.5. The molecule has 0 atom stereocenters. The third-order valence-electron chi connectivity index (χ3n) is 4.73. The molecule has 0 saturated heterocycles. The minimum absolute atomic E-state index is 0.0203. The number of nitrogens with two attached hydrogens (primary N) is 2. The molecule has 4 N–H and O–H groups in total. The Morgan fingerprint density at radius 1 is 1.24 bits per heavy atom. The molecule has 0 aliphatic heterocycles. The van der Waals surface area contributed by atoms with Crippen molar-refractivity contribution in [2.24, 2.45) is 0 Å². The number of amides is 1. The number of hydrogen-bond acceptors (Lipinski definition) is 9. The van der Waals surface area contributed by atoms with Gasteiger partial charge >= 0.3 is 6.09 Å². The molecule has 0 aliphatic rings. The fourth-order valence-corrected chi connectivity index (χ4v) is 4.10. The molecule has 172 valence electrons. The molecule has 4 heterocycles. The lowest BCUT2D eigenvalue weighted by molar-refractivity contribution is 0.123. The van der Waals surface area contributed by atoms with Crippen LogP contribution in [-0.4, -0.2) is 43.5 Å². The van der Waals surface area contributed by atoms with Crippen LogP contribution in [0.15, 0.2) is 30.5 Å². The van der Waals surface area contributed by atoms with Crippen molar-refractivity contribution in [2.45, 2.75) is 33.4 Å². The smallest absolute Gasteiger partial charge is 0.414 e. The number of anilines is 3. The number of carbonyl (C=O) groups excluding carboxylic acids is 1. The third kappa shape index (κ3) is 4.42. The highest BCUT2D eigenvalue weighted by Gasteiger charge is 2.25. The van der Waals surface area contributed by atoms with Crippen molar-refractivity contribution in [1.29, 1.82) is 0 Å². The van der Waals surface area contributed by atoms with Gasteiger partial charge in [0.05, 0.1) is 18.0 Å². The number of carbonyl (C=O) groups is 1. The Morgan fingerprint density at radius 2 is 1.97 bits per heavy atom. The van der Waals surface area contributed by atoms with Crippen molar-refractivity contribution in [3.8, 4) is 11.5 Å². The Labute approximate surface area is 193 Å². The van der Waals surface area contributed by atoms with Crippen LogP contribution in [0.4, 0.5) is 26.5 Å². The average Bonchev–Trinajstić information content (AvgIpc) is 3.33. The molecule has 0 fully saturated rings. The normalized spacial score (nSPS) is 11.3. The van der Waals surface area contributed by atoms with Gasteiger partial charge in [0.1, 0.15) is 11.4 Å². The third-order valence-corrected chi connectivity index (χ3v) is 5.59. The van der Waals surface area contributed by atoms with E-state index in [1.165, 1.54) is 11.0 Å². The van der Waals surface area contributed by atoms with Crippen LogP contribution in [0, 0.1) is 5.13 Å². The highest BCUT2D eigenvalue weighted by atomic mass is 32.1. The molecular formula is C21H23FN8O2S. The molecule has 0 unspecified atom stereocenters. The topological polar surface area (TPSA) is 138 Å². The van der Waals surface area contributed by atoms with Crippen LogP contribution in [0.5, 0.6) is 0 Å². The summed E-state index contributed by atoms with van der Waals surface area (Å²) in [4.78, 5) is 27.7. The molecular weight excluding hydrogens is 447 g/mol. The average molecular weight is 471 g/mol. The number of fused-ring (bicyclic) bond motifs is 1. The van der Waals surface area contributed by atoms with Gasteiger partial charge in [0, 0.05) is 17.6 Å². The Morgan fingerprint density at radius 3 is 2.58 bits per heavy atom. The first kappa shape index (κ1) is 22.4. The summed E-state index contributed by atoms with van der Waals surface area (Å²) in [5, 5.41) is 5.03.